The van der Waals surface area contributed by atoms with E-state index >= 15 is 0 Å². The molecule has 0 amide bonds. The highest BCUT2D eigenvalue weighted by molar-refractivity contribution is 7.12. The molecule has 0 radical (unpaired) electrons. The van der Waals surface area contributed by atoms with Gasteiger partial charge >= 0.3 is 0 Å². The lowest BCUT2D eigenvalue weighted by Gasteiger charge is -2.16. The molecule has 3 rings (SSSR count). The van der Waals surface area contributed by atoms with Crippen LogP contribution in [-0.4, -0.2) is 13.7 Å². The fraction of sp³-hybridized carbons (Fsp3) is 0.615. The van der Waals surface area contributed by atoms with Gasteiger partial charge in [-0.1, -0.05) is 59.2 Å². The Morgan fingerprint density at radius 1 is 1.00 bits per heavy atom. The van der Waals surface area contributed by atoms with Gasteiger partial charge in [0.25, 0.3) is 0 Å². The van der Waals surface area contributed by atoms with Crippen LogP contribution in [0.4, 0.5) is 0 Å². The van der Waals surface area contributed by atoms with E-state index in [0.29, 0.717) is 0 Å². The van der Waals surface area contributed by atoms with Gasteiger partial charge in [0.2, 0.25) is 0 Å². The second-order valence-electron chi connectivity index (χ2n) is 8.99. The molecule has 1 aliphatic heterocycles. The van der Waals surface area contributed by atoms with Crippen LogP contribution in [0.5, 0.6) is 10.8 Å². The molecule has 0 spiro atoms. The monoisotopic (exact) mass is 416 g/mol. The zero-order valence-corrected chi connectivity index (χ0v) is 20.1. The van der Waals surface area contributed by atoms with Gasteiger partial charge in [0.15, 0.2) is 5.06 Å². The molecule has 1 unspecified atom stereocenters. The number of hydrogen-bond donors (Lipinski definition) is 0. The van der Waals surface area contributed by atoms with E-state index in [4.69, 9.17) is 9.47 Å². The fourth-order valence-corrected chi connectivity index (χ4v) is 4.36. The Bertz CT molecular complexity index is 717. The minimum atomic E-state index is 0.776. The standard InChI is InChI=1S/C15H22O.C11H18OS/c1-11(2)12(3)7-8-13-5-4-6-14-9-10-16-15(13)14;1-9(2)5-4-6-10-7-8-13-11(10)12-3/h4-6,11-12H,7-10H2,1-3H3;7-9H,4-6H2,1-3H3. The van der Waals surface area contributed by atoms with Crippen LogP contribution < -0.4 is 9.47 Å². The highest BCUT2D eigenvalue weighted by atomic mass is 32.1. The van der Waals surface area contributed by atoms with Crippen molar-refractivity contribution >= 4 is 11.3 Å². The Morgan fingerprint density at radius 2 is 1.79 bits per heavy atom. The van der Waals surface area contributed by atoms with E-state index < -0.39 is 0 Å². The van der Waals surface area contributed by atoms with Gasteiger partial charge in [-0.15, -0.1) is 11.3 Å². The molecule has 0 N–H and O–H groups in total. The molecule has 0 fully saturated rings. The van der Waals surface area contributed by atoms with E-state index in [-0.39, 0.29) is 0 Å². The summed E-state index contributed by atoms with van der Waals surface area (Å²) >= 11 is 1.69. The quantitative estimate of drug-likeness (QED) is 0.419. The lowest BCUT2D eigenvalue weighted by molar-refractivity contribution is 0.348. The molecule has 1 atom stereocenters. The smallest absolute Gasteiger partial charge is 0.176 e. The molecule has 1 aliphatic rings. The van der Waals surface area contributed by atoms with Crippen LogP contribution in [0.2, 0.25) is 0 Å². The van der Waals surface area contributed by atoms with Crippen LogP contribution in [0.25, 0.3) is 0 Å². The number of hydrogen-bond acceptors (Lipinski definition) is 3. The molecule has 0 saturated carbocycles. The summed E-state index contributed by atoms with van der Waals surface area (Å²) < 4.78 is 11.0. The zero-order chi connectivity index (χ0) is 21.2. The average molecular weight is 417 g/mol. The summed E-state index contributed by atoms with van der Waals surface area (Å²) in [5, 5.41) is 3.19. The Labute approximate surface area is 182 Å². The summed E-state index contributed by atoms with van der Waals surface area (Å²) in [4.78, 5) is 0. The summed E-state index contributed by atoms with van der Waals surface area (Å²) in [6, 6.07) is 8.75. The maximum Gasteiger partial charge on any atom is 0.176 e. The number of thiophene rings is 1. The molecule has 0 bridgehead atoms. The Hall–Kier alpha value is -1.48. The van der Waals surface area contributed by atoms with Gasteiger partial charge in [0, 0.05) is 12.0 Å². The molecular formula is C26H40O2S. The average Bonchev–Trinajstić information content (AvgIpc) is 3.35. The maximum atomic E-state index is 5.72. The Kier molecular flexibility index (Phi) is 10.1. The van der Waals surface area contributed by atoms with Gasteiger partial charge in [-0.3, -0.25) is 0 Å². The number of aryl methyl sites for hydroxylation is 2. The molecular weight excluding hydrogens is 376 g/mol. The molecule has 2 heterocycles. The Balaban J connectivity index is 0.000000212. The molecule has 0 saturated heterocycles. The lowest BCUT2D eigenvalue weighted by Crippen LogP contribution is -2.05. The van der Waals surface area contributed by atoms with Crippen molar-refractivity contribution in [1.29, 1.82) is 0 Å². The third-order valence-corrected chi connectivity index (χ3v) is 6.84. The van der Waals surface area contributed by atoms with E-state index in [0.717, 1.165) is 48.7 Å². The van der Waals surface area contributed by atoms with Crippen molar-refractivity contribution < 1.29 is 9.47 Å². The van der Waals surface area contributed by atoms with Crippen LogP contribution in [0.1, 0.15) is 70.6 Å². The molecule has 0 aliphatic carbocycles. The molecule has 162 valence electrons. The first kappa shape index (κ1) is 23.8. The first-order valence-electron chi connectivity index (χ1n) is 11.3. The van der Waals surface area contributed by atoms with Crippen LogP contribution >= 0.6 is 11.3 Å². The minimum Gasteiger partial charge on any atom is -0.493 e. The first-order valence-corrected chi connectivity index (χ1v) is 12.1. The minimum absolute atomic E-state index is 0.776. The van der Waals surface area contributed by atoms with E-state index in [1.165, 1.54) is 41.7 Å². The lowest BCUT2D eigenvalue weighted by atomic mass is 9.91. The van der Waals surface area contributed by atoms with Crippen molar-refractivity contribution in [2.45, 2.75) is 73.1 Å². The second kappa shape index (κ2) is 12.3. The Morgan fingerprint density at radius 3 is 2.48 bits per heavy atom. The van der Waals surface area contributed by atoms with E-state index in [9.17, 15) is 0 Å². The van der Waals surface area contributed by atoms with Gasteiger partial charge in [-0.2, -0.15) is 0 Å². The first-order chi connectivity index (χ1) is 13.9. The third kappa shape index (κ3) is 7.70. The van der Waals surface area contributed by atoms with Crippen molar-refractivity contribution in [3.63, 3.8) is 0 Å². The van der Waals surface area contributed by atoms with Crippen LogP contribution in [-0.2, 0) is 19.3 Å². The summed E-state index contributed by atoms with van der Waals surface area (Å²) in [5.41, 5.74) is 4.17. The van der Waals surface area contributed by atoms with Crippen molar-refractivity contribution in [2.24, 2.45) is 17.8 Å². The number of para-hydroxylation sites is 1. The predicted molar refractivity (Wildman–Crippen MR) is 127 cm³/mol. The van der Waals surface area contributed by atoms with E-state index in [2.05, 4.69) is 64.3 Å². The molecule has 1 aromatic heterocycles. The zero-order valence-electron chi connectivity index (χ0n) is 19.3. The highest BCUT2D eigenvalue weighted by Gasteiger charge is 2.16. The fourth-order valence-electron chi connectivity index (χ4n) is 3.58. The van der Waals surface area contributed by atoms with Gasteiger partial charge in [0.1, 0.15) is 5.75 Å². The van der Waals surface area contributed by atoms with Crippen molar-refractivity contribution in [1.82, 2.24) is 0 Å². The highest BCUT2D eigenvalue weighted by Crippen LogP contribution is 2.31. The summed E-state index contributed by atoms with van der Waals surface area (Å²) in [6.07, 6.45) is 7.23. The molecule has 2 nitrogen and oxygen atoms in total. The number of fused-ring (bicyclic) bond motifs is 1. The normalized spacial score (nSPS) is 13.7. The number of rotatable bonds is 9. The molecule has 1 aromatic carbocycles. The SMILES string of the molecule is CC(C)C(C)CCc1cccc2c1OCC2.COc1sccc1CCCC(C)C. The van der Waals surface area contributed by atoms with Crippen LogP contribution in [0.15, 0.2) is 29.6 Å². The largest absolute Gasteiger partial charge is 0.493 e. The van der Waals surface area contributed by atoms with Crippen LogP contribution in [0.3, 0.4) is 0 Å². The number of benzene rings is 1. The number of methoxy groups -OCH3 is 1. The van der Waals surface area contributed by atoms with E-state index in [1.807, 2.05) is 0 Å². The van der Waals surface area contributed by atoms with Crippen molar-refractivity contribution in [3.8, 4) is 10.8 Å². The summed E-state index contributed by atoms with van der Waals surface area (Å²) in [6.45, 7) is 12.4. The topological polar surface area (TPSA) is 18.5 Å². The third-order valence-electron chi connectivity index (χ3n) is 5.92. The molecule has 2 aromatic rings. The number of ether oxygens (including phenoxy) is 2. The summed E-state index contributed by atoms with van der Waals surface area (Å²) in [5.74, 6) is 3.55. The molecule has 29 heavy (non-hydrogen) atoms. The molecule has 3 heteroatoms. The van der Waals surface area contributed by atoms with Gasteiger partial charge in [0.05, 0.1) is 13.7 Å². The second-order valence-corrected chi connectivity index (χ2v) is 9.87. The van der Waals surface area contributed by atoms with Crippen molar-refractivity contribution in [2.75, 3.05) is 13.7 Å². The van der Waals surface area contributed by atoms with Gasteiger partial charge in [-0.05, 0) is 66.0 Å². The van der Waals surface area contributed by atoms with Crippen molar-refractivity contribution in [3.05, 3.63) is 46.3 Å². The van der Waals surface area contributed by atoms with Gasteiger partial charge < -0.3 is 9.47 Å². The maximum absolute atomic E-state index is 5.72. The van der Waals surface area contributed by atoms with Crippen LogP contribution in [0, 0.1) is 17.8 Å². The summed E-state index contributed by atoms with van der Waals surface area (Å²) in [7, 11) is 1.75. The van der Waals surface area contributed by atoms with E-state index in [1.54, 1.807) is 18.4 Å². The predicted octanol–water partition coefficient (Wildman–Crippen LogP) is 7.58. The van der Waals surface area contributed by atoms with Gasteiger partial charge in [-0.25, -0.2) is 0 Å².